The Morgan fingerprint density at radius 3 is 2.16 bits per heavy atom. The summed E-state index contributed by atoms with van der Waals surface area (Å²) in [6.07, 6.45) is 0. The number of benzene rings is 2. The molecule has 2 aromatic carbocycles. The van der Waals surface area contributed by atoms with Crippen molar-refractivity contribution < 1.29 is 4.74 Å². The largest absolute Gasteiger partial charge is 0.489 e. The predicted molar refractivity (Wildman–Crippen MR) is 104 cm³/mol. The Hall–Kier alpha value is -1.84. The van der Waals surface area contributed by atoms with Crippen LogP contribution in [0.25, 0.3) is 0 Å². The average molecular weight is 338 g/mol. The Morgan fingerprint density at radius 2 is 1.60 bits per heavy atom. The van der Waals surface area contributed by atoms with Crippen LogP contribution in [0.2, 0.25) is 0 Å². The van der Waals surface area contributed by atoms with Gasteiger partial charge in [0.1, 0.15) is 12.4 Å². The number of hydrogen-bond donors (Lipinski definition) is 2. The molecular formula is C22H30N2O. The van der Waals surface area contributed by atoms with Crippen LogP contribution in [0.1, 0.15) is 37.5 Å². The van der Waals surface area contributed by atoms with Crippen LogP contribution in [0.5, 0.6) is 5.75 Å². The minimum absolute atomic E-state index is 0.193. The van der Waals surface area contributed by atoms with Crippen molar-refractivity contribution in [3.8, 4) is 5.75 Å². The third kappa shape index (κ3) is 5.32. The first-order chi connectivity index (χ1) is 12.0. The molecule has 1 heterocycles. The maximum absolute atomic E-state index is 5.91. The van der Waals surface area contributed by atoms with Crippen LogP contribution in [-0.2, 0) is 18.6 Å². The zero-order valence-corrected chi connectivity index (χ0v) is 15.6. The molecule has 0 aliphatic carbocycles. The van der Waals surface area contributed by atoms with E-state index in [1.807, 2.05) is 0 Å². The summed E-state index contributed by atoms with van der Waals surface area (Å²) in [5.74, 6) is 1.72. The third-order valence-electron chi connectivity index (χ3n) is 4.78. The first-order valence-electron chi connectivity index (χ1n) is 9.23. The summed E-state index contributed by atoms with van der Waals surface area (Å²) in [5.41, 5.74) is 4.05. The van der Waals surface area contributed by atoms with Gasteiger partial charge in [-0.3, -0.25) is 0 Å². The van der Waals surface area contributed by atoms with Crippen LogP contribution in [0, 0.1) is 5.92 Å². The van der Waals surface area contributed by atoms with Gasteiger partial charge in [-0.25, -0.2) is 0 Å². The van der Waals surface area contributed by atoms with E-state index in [2.05, 4.69) is 79.9 Å². The zero-order chi connectivity index (χ0) is 17.7. The van der Waals surface area contributed by atoms with E-state index in [1.165, 1.54) is 16.7 Å². The first kappa shape index (κ1) is 18.0. The molecule has 0 unspecified atom stereocenters. The lowest BCUT2D eigenvalue weighted by Crippen LogP contribution is -2.47. The van der Waals surface area contributed by atoms with Crippen LogP contribution in [0.4, 0.5) is 0 Å². The summed E-state index contributed by atoms with van der Waals surface area (Å²) in [6.45, 7) is 11.6. The van der Waals surface area contributed by atoms with Gasteiger partial charge in [-0.05, 0) is 40.2 Å². The molecule has 1 aliphatic rings. The summed E-state index contributed by atoms with van der Waals surface area (Å²) in [4.78, 5) is 0. The molecule has 3 nitrogen and oxygen atoms in total. The lowest BCUT2D eigenvalue weighted by Gasteiger charge is -2.27. The van der Waals surface area contributed by atoms with Crippen molar-refractivity contribution in [2.75, 3.05) is 19.6 Å². The average Bonchev–Trinajstić information content (AvgIpc) is 2.56. The van der Waals surface area contributed by atoms with E-state index in [0.717, 1.165) is 37.8 Å². The van der Waals surface area contributed by atoms with Crippen molar-refractivity contribution in [2.24, 2.45) is 5.92 Å². The van der Waals surface area contributed by atoms with Gasteiger partial charge in [0.25, 0.3) is 0 Å². The second-order valence-corrected chi connectivity index (χ2v) is 8.03. The number of nitrogens with one attached hydrogen (secondary N) is 2. The minimum Gasteiger partial charge on any atom is -0.489 e. The fourth-order valence-corrected chi connectivity index (χ4v) is 2.88. The molecule has 0 atom stereocenters. The van der Waals surface area contributed by atoms with Crippen molar-refractivity contribution in [2.45, 2.75) is 39.3 Å². The maximum atomic E-state index is 5.91. The van der Waals surface area contributed by atoms with Crippen molar-refractivity contribution in [3.05, 3.63) is 65.2 Å². The summed E-state index contributed by atoms with van der Waals surface area (Å²) < 4.78 is 5.91. The van der Waals surface area contributed by atoms with Crippen molar-refractivity contribution >= 4 is 0 Å². The maximum Gasteiger partial charge on any atom is 0.119 e. The smallest absolute Gasteiger partial charge is 0.119 e. The third-order valence-corrected chi connectivity index (χ3v) is 4.78. The molecule has 0 spiro atoms. The standard InChI is InChI=1S/C22H30N2O/c1-22(2,3)20-8-4-18(5-9-20)16-25-21-10-6-17(7-11-21)12-23-13-19-14-24-15-19/h4-11,19,23-24H,12-16H2,1-3H3. The van der Waals surface area contributed by atoms with Crippen LogP contribution < -0.4 is 15.4 Å². The van der Waals surface area contributed by atoms with Crippen molar-refractivity contribution in [1.29, 1.82) is 0 Å². The molecule has 0 aromatic heterocycles. The highest BCUT2D eigenvalue weighted by molar-refractivity contribution is 5.29. The molecule has 0 amide bonds. The topological polar surface area (TPSA) is 33.3 Å². The Balaban J connectivity index is 1.44. The number of rotatable bonds is 7. The highest BCUT2D eigenvalue weighted by Crippen LogP contribution is 2.22. The Kier molecular flexibility index (Phi) is 5.77. The monoisotopic (exact) mass is 338 g/mol. The lowest BCUT2D eigenvalue weighted by atomic mass is 9.87. The minimum atomic E-state index is 0.193. The molecule has 2 aromatic rings. The van der Waals surface area contributed by atoms with E-state index in [0.29, 0.717) is 6.61 Å². The van der Waals surface area contributed by atoms with E-state index in [1.54, 1.807) is 0 Å². The van der Waals surface area contributed by atoms with Gasteiger partial charge in [0.2, 0.25) is 0 Å². The quantitative estimate of drug-likeness (QED) is 0.804. The SMILES string of the molecule is CC(C)(C)c1ccc(COc2ccc(CNCC3CNC3)cc2)cc1. The van der Waals surface area contributed by atoms with Gasteiger partial charge in [-0.1, -0.05) is 57.2 Å². The first-order valence-corrected chi connectivity index (χ1v) is 9.23. The molecule has 0 saturated carbocycles. The van der Waals surface area contributed by atoms with E-state index in [4.69, 9.17) is 4.74 Å². The van der Waals surface area contributed by atoms with E-state index in [-0.39, 0.29) is 5.41 Å². The molecule has 0 radical (unpaired) electrons. The number of ether oxygens (including phenoxy) is 1. The lowest BCUT2D eigenvalue weighted by molar-refractivity contribution is 0.306. The predicted octanol–water partition coefficient (Wildman–Crippen LogP) is 3.87. The molecule has 0 bridgehead atoms. The summed E-state index contributed by atoms with van der Waals surface area (Å²) >= 11 is 0. The van der Waals surface area contributed by atoms with Crippen LogP contribution in [0.15, 0.2) is 48.5 Å². The van der Waals surface area contributed by atoms with E-state index >= 15 is 0 Å². The zero-order valence-electron chi connectivity index (χ0n) is 15.6. The molecule has 3 rings (SSSR count). The van der Waals surface area contributed by atoms with E-state index in [9.17, 15) is 0 Å². The van der Waals surface area contributed by atoms with Crippen LogP contribution >= 0.6 is 0 Å². The fourth-order valence-electron chi connectivity index (χ4n) is 2.88. The molecule has 2 N–H and O–H groups in total. The fraction of sp³-hybridized carbons (Fsp3) is 0.455. The molecule has 3 heteroatoms. The Bertz CT molecular complexity index is 652. The summed E-state index contributed by atoms with van der Waals surface area (Å²) in [6, 6.07) is 17.1. The van der Waals surface area contributed by atoms with Crippen LogP contribution in [-0.4, -0.2) is 19.6 Å². The van der Waals surface area contributed by atoms with Crippen molar-refractivity contribution in [3.63, 3.8) is 0 Å². The van der Waals surface area contributed by atoms with Gasteiger partial charge >= 0.3 is 0 Å². The summed E-state index contributed by atoms with van der Waals surface area (Å²) in [5, 5.41) is 6.82. The van der Waals surface area contributed by atoms with Gasteiger partial charge in [0.05, 0.1) is 0 Å². The summed E-state index contributed by atoms with van der Waals surface area (Å²) in [7, 11) is 0. The van der Waals surface area contributed by atoms with Gasteiger partial charge < -0.3 is 15.4 Å². The second kappa shape index (κ2) is 8.03. The Labute approximate surface area is 151 Å². The second-order valence-electron chi connectivity index (χ2n) is 8.03. The van der Waals surface area contributed by atoms with E-state index < -0.39 is 0 Å². The molecule has 25 heavy (non-hydrogen) atoms. The van der Waals surface area contributed by atoms with Gasteiger partial charge in [0, 0.05) is 26.2 Å². The molecule has 1 saturated heterocycles. The van der Waals surface area contributed by atoms with Crippen molar-refractivity contribution in [1.82, 2.24) is 10.6 Å². The molecule has 1 aliphatic heterocycles. The molecular weight excluding hydrogens is 308 g/mol. The number of hydrogen-bond acceptors (Lipinski definition) is 3. The van der Waals surface area contributed by atoms with Crippen LogP contribution in [0.3, 0.4) is 0 Å². The van der Waals surface area contributed by atoms with Gasteiger partial charge in [-0.15, -0.1) is 0 Å². The highest BCUT2D eigenvalue weighted by atomic mass is 16.5. The van der Waals surface area contributed by atoms with Gasteiger partial charge in [-0.2, -0.15) is 0 Å². The molecule has 134 valence electrons. The normalized spacial score (nSPS) is 15.0. The molecule has 1 fully saturated rings. The Morgan fingerprint density at radius 1 is 0.960 bits per heavy atom. The van der Waals surface area contributed by atoms with Gasteiger partial charge in [0.15, 0.2) is 0 Å². The highest BCUT2D eigenvalue weighted by Gasteiger charge is 2.15.